The number of likely N-dealkylation sites (tertiary alicyclic amines) is 1. The molecular formula is C18H23NO3. The second kappa shape index (κ2) is 5.41. The highest BCUT2D eigenvalue weighted by Gasteiger charge is 2.49. The highest BCUT2D eigenvalue weighted by Crippen LogP contribution is 2.41. The van der Waals surface area contributed by atoms with Crippen molar-refractivity contribution in [2.75, 3.05) is 13.1 Å². The van der Waals surface area contributed by atoms with E-state index in [1.807, 2.05) is 32.0 Å². The first-order valence-corrected chi connectivity index (χ1v) is 8.05. The van der Waals surface area contributed by atoms with E-state index >= 15 is 0 Å². The van der Waals surface area contributed by atoms with Crippen LogP contribution in [0.4, 0.5) is 0 Å². The fourth-order valence-corrected chi connectivity index (χ4v) is 3.95. The van der Waals surface area contributed by atoms with Crippen LogP contribution in [0, 0.1) is 11.3 Å². The molecule has 1 aliphatic heterocycles. The van der Waals surface area contributed by atoms with Gasteiger partial charge in [-0.25, -0.2) is 0 Å². The minimum absolute atomic E-state index is 0.0265. The van der Waals surface area contributed by atoms with Crippen molar-refractivity contribution in [3.8, 4) is 0 Å². The zero-order valence-corrected chi connectivity index (χ0v) is 13.2. The molecule has 0 aromatic heterocycles. The standard InChI is InChI=1S/C18H23NO3/c1-12(2)18(17(21)22)9-10-19(11-18)16(20)15-8-7-13-5-3-4-6-14(13)15/h3-6,12,15H,7-11H2,1-2H3,(H,21,22). The van der Waals surface area contributed by atoms with E-state index in [0.717, 1.165) is 18.4 Å². The SMILES string of the molecule is CC(C)C1(C(=O)O)CCN(C(=O)C2CCc3ccccc32)C1. The first kappa shape index (κ1) is 15.1. The van der Waals surface area contributed by atoms with E-state index in [-0.39, 0.29) is 17.7 Å². The predicted molar refractivity (Wildman–Crippen MR) is 83.6 cm³/mol. The van der Waals surface area contributed by atoms with Crippen molar-refractivity contribution in [1.29, 1.82) is 0 Å². The zero-order valence-electron chi connectivity index (χ0n) is 13.2. The molecule has 0 saturated carbocycles. The number of amides is 1. The van der Waals surface area contributed by atoms with E-state index in [4.69, 9.17) is 0 Å². The normalized spacial score (nSPS) is 27.2. The number of carbonyl (C=O) groups excluding carboxylic acids is 1. The summed E-state index contributed by atoms with van der Waals surface area (Å²) in [7, 11) is 0. The number of hydrogen-bond donors (Lipinski definition) is 1. The number of hydrogen-bond acceptors (Lipinski definition) is 2. The molecule has 1 fully saturated rings. The summed E-state index contributed by atoms with van der Waals surface area (Å²) in [6.07, 6.45) is 2.34. The topological polar surface area (TPSA) is 57.6 Å². The summed E-state index contributed by atoms with van der Waals surface area (Å²) in [5.74, 6) is -0.732. The Labute approximate surface area is 131 Å². The number of aliphatic carboxylic acids is 1. The Morgan fingerprint density at radius 3 is 2.68 bits per heavy atom. The van der Waals surface area contributed by atoms with Crippen molar-refractivity contribution < 1.29 is 14.7 Å². The minimum Gasteiger partial charge on any atom is -0.481 e. The molecule has 0 bridgehead atoms. The van der Waals surface area contributed by atoms with Crippen LogP contribution in [0.2, 0.25) is 0 Å². The first-order valence-electron chi connectivity index (χ1n) is 8.05. The average Bonchev–Trinajstić information content (AvgIpc) is 3.12. The van der Waals surface area contributed by atoms with E-state index < -0.39 is 11.4 Å². The lowest BCUT2D eigenvalue weighted by Crippen LogP contribution is -2.41. The Balaban J connectivity index is 1.80. The number of nitrogens with zero attached hydrogens (tertiary/aromatic N) is 1. The Hall–Kier alpha value is -1.84. The summed E-state index contributed by atoms with van der Waals surface area (Å²) in [6.45, 7) is 4.78. The van der Waals surface area contributed by atoms with Crippen molar-refractivity contribution in [1.82, 2.24) is 4.90 Å². The summed E-state index contributed by atoms with van der Waals surface area (Å²) in [5.41, 5.74) is 1.60. The van der Waals surface area contributed by atoms with Crippen LogP contribution in [0.1, 0.15) is 43.7 Å². The summed E-state index contributed by atoms with van der Waals surface area (Å²) >= 11 is 0. The van der Waals surface area contributed by atoms with E-state index in [0.29, 0.717) is 19.5 Å². The molecule has 0 radical (unpaired) electrons. The number of benzene rings is 1. The lowest BCUT2D eigenvalue weighted by atomic mass is 9.76. The largest absolute Gasteiger partial charge is 0.481 e. The van der Waals surface area contributed by atoms with Gasteiger partial charge in [0.05, 0.1) is 11.3 Å². The maximum Gasteiger partial charge on any atom is 0.311 e. The van der Waals surface area contributed by atoms with E-state index in [2.05, 4.69) is 6.07 Å². The summed E-state index contributed by atoms with van der Waals surface area (Å²) < 4.78 is 0. The maximum absolute atomic E-state index is 12.9. The predicted octanol–water partition coefficient (Wildman–Crippen LogP) is 2.68. The molecular weight excluding hydrogens is 278 g/mol. The monoisotopic (exact) mass is 301 g/mol. The number of rotatable bonds is 3. The van der Waals surface area contributed by atoms with Crippen LogP contribution >= 0.6 is 0 Å². The molecule has 1 aliphatic carbocycles. The Morgan fingerprint density at radius 1 is 1.32 bits per heavy atom. The Bertz CT molecular complexity index is 610. The third-order valence-corrected chi connectivity index (χ3v) is 5.57. The van der Waals surface area contributed by atoms with Crippen molar-refractivity contribution in [3.05, 3.63) is 35.4 Å². The Kier molecular flexibility index (Phi) is 3.71. The smallest absolute Gasteiger partial charge is 0.311 e. The third kappa shape index (κ3) is 2.21. The fourth-order valence-electron chi connectivity index (χ4n) is 3.95. The van der Waals surface area contributed by atoms with Gasteiger partial charge in [0, 0.05) is 13.1 Å². The molecule has 1 saturated heterocycles. The highest BCUT2D eigenvalue weighted by molar-refractivity contribution is 5.86. The van der Waals surface area contributed by atoms with Crippen LogP contribution in [-0.4, -0.2) is 35.0 Å². The highest BCUT2D eigenvalue weighted by atomic mass is 16.4. The van der Waals surface area contributed by atoms with Crippen molar-refractivity contribution >= 4 is 11.9 Å². The first-order chi connectivity index (χ1) is 10.5. The van der Waals surface area contributed by atoms with E-state index in [1.54, 1.807) is 4.90 Å². The van der Waals surface area contributed by atoms with Gasteiger partial charge in [-0.05, 0) is 36.3 Å². The van der Waals surface area contributed by atoms with Gasteiger partial charge in [-0.2, -0.15) is 0 Å². The number of aryl methyl sites for hydroxylation is 1. The molecule has 0 spiro atoms. The lowest BCUT2D eigenvalue weighted by molar-refractivity contribution is -0.151. The molecule has 1 N–H and O–H groups in total. The van der Waals surface area contributed by atoms with Gasteiger partial charge in [0.1, 0.15) is 0 Å². The molecule has 1 amide bonds. The van der Waals surface area contributed by atoms with Crippen LogP contribution in [0.3, 0.4) is 0 Å². The van der Waals surface area contributed by atoms with Crippen LogP contribution in [0.15, 0.2) is 24.3 Å². The minimum atomic E-state index is -0.784. The maximum atomic E-state index is 12.9. The van der Waals surface area contributed by atoms with Gasteiger partial charge in [-0.3, -0.25) is 9.59 Å². The molecule has 4 nitrogen and oxygen atoms in total. The van der Waals surface area contributed by atoms with Crippen LogP contribution < -0.4 is 0 Å². The number of carbonyl (C=O) groups is 2. The molecule has 2 aliphatic rings. The third-order valence-electron chi connectivity index (χ3n) is 5.57. The van der Waals surface area contributed by atoms with Crippen molar-refractivity contribution in [3.63, 3.8) is 0 Å². The molecule has 3 rings (SSSR count). The van der Waals surface area contributed by atoms with Gasteiger partial charge < -0.3 is 10.0 Å². The van der Waals surface area contributed by atoms with Gasteiger partial charge in [-0.15, -0.1) is 0 Å². The molecule has 22 heavy (non-hydrogen) atoms. The van der Waals surface area contributed by atoms with Gasteiger partial charge in [0.25, 0.3) is 0 Å². The Morgan fingerprint density at radius 2 is 2.05 bits per heavy atom. The summed E-state index contributed by atoms with van der Waals surface area (Å²) in [4.78, 5) is 26.4. The van der Waals surface area contributed by atoms with Crippen LogP contribution in [0.5, 0.6) is 0 Å². The molecule has 1 aromatic rings. The molecule has 4 heteroatoms. The quantitative estimate of drug-likeness (QED) is 0.934. The summed E-state index contributed by atoms with van der Waals surface area (Å²) in [5, 5.41) is 9.62. The second-order valence-electron chi connectivity index (χ2n) is 6.92. The lowest BCUT2D eigenvalue weighted by Gasteiger charge is -2.29. The van der Waals surface area contributed by atoms with Gasteiger partial charge in [0.2, 0.25) is 5.91 Å². The molecule has 1 aromatic carbocycles. The number of fused-ring (bicyclic) bond motifs is 1. The molecule has 1 heterocycles. The van der Waals surface area contributed by atoms with Crippen LogP contribution in [-0.2, 0) is 16.0 Å². The molecule has 2 unspecified atom stereocenters. The van der Waals surface area contributed by atoms with Gasteiger partial charge in [-0.1, -0.05) is 38.1 Å². The van der Waals surface area contributed by atoms with Crippen molar-refractivity contribution in [2.45, 2.75) is 39.0 Å². The average molecular weight is 301 g/mol. The fraction of sp³-hybridized carbons (Fsp3) is 0.556. The molecule has 2 atom stereocenters. The number of carboxylic acid groups (broad SMARTS) is 1. The van der Waals surface area contributed by atoms with E-state index in [1.165, 1.54) is 5.56 Å². The van der Waals surface area contributed by atoms with Crippen LogP contribution in [0.25, 0.3) is 0 Å². The van der Waals surface area contributed by atoms with E-state index in [9.17, 15) is 14.7 Å². The second-order valence-corrected chi connectivity index (χ2v) is 6.92. The van der Waals surface area contributed by atoms with Gasteiger partial charge >= 0.3 is 5.97 Å². The zero-order chi connectivity index (χ0) is 15.9. The molecule has 118 valence electrons. The summed E-state index contributed by atoms with van der Waals surface area (Å²) in [6, 6.07) is 8.11. The number of carboxylic acids is 1. The van der Waals surface area contributed by atoms with Gasteiger partial charge in [0.15, 0.2) is 0 Å². The van der Waals surface area contributed by atoms with Crippen molar-refractivity contribution in [2.24, 2.45) is 11.3 Å².